The molecule has 2 aromatic rings. The second-order valence-electron chi connectivity index (χ2n) is 4.13. The van der Waals surface area contributed by atoms with Gasteiger partial charge >= 0.3 is 0 Å². The molecule has 20 heavy (non-hydrogen) atoms. The molecule has 6 heteroatoms. The summed E-state index contributed by atoms with van der Waals surface area (Å²) in [6.07, 6.45) is 3.26. The first-order valence-corrected chi connectivity index (χ1v) is 6.59. The lowest BCUT2D eigenvalue weighted by atomic mass is 10.3. The fourth-order valence-electron chi connectivity index (χ4n) is 1.72. The van der Waals surface area contributed by atoms with Gasteiger partial charge in [-0.15, -0.1) is 0 Å². The Labute approximate surface area is 122 Å². The third kappa shape index (κ3) is 3.05. The van der Waals surface area contributed by atoms with Crippen LogP contribution in [0.1, 0.15) is 17.4 Å². The molecule has 0 spiro atoms. The predicted molar refractivity (Wildman–Crippen MR) is 80.4 cm³/mol. The molecule has 0 aliphatic rings. The SMILES string of the molecule is CCNc1ccc(Cl)c(C(=O)N(C)c2ccncc2)n1. The lowest BCUT2D eigenvalue weighted by Crippen LogP contribution is -2.27. The summed E-state index contributed by atoms with van der Waals surface area (Å²) in [4.78, 5) is 22.1. The molecule has 0 aliphatic carbocycles. The standard InChI is InChI=1S/C14H15ClN4O/c1-3-17-12-5-4-11(15)13(18-12)14(20)19(2)10-6-8-16-9-7-10/h4-9H,3H2,1-2H3,(H,17,18). The maximum Gasteiger partial charge on any atom is 0.278 e. The molecule has 0 radical (unpaired) electrons. The fourth-order valence-corrected chi connectivity index (χ4v) is 1.90. The quantitative estimate of drug-likeness (QED) is 0.941. The normalized spacial score (nSPS) is 10.2. The van der Waals surface area contributed by atoms with Crippen LogP contribution in [-0.4, -0.2) is 29.5 Å². The monoisotopic (exact) mass is 290 g/mol. The van der Waals surface area contributed by atoms with Crippen molar-refractivity contribution in [2.24, 2.45) is 0 Å². The zero-order valence-electron chi connectivity index (χ0n) is 11.3. The number of anilines is 2. The van der Waals surface area contributed by atoms with Crippen molar-refractivity contribution in [2.75, 3.05) is 23.8 Å². The van der Waals surface area contributed by atoms with Crippen LogP contribution in [0.5, 0.6) is 0 Å². The third-order valence-electron chi connectivity index (χ3n) is 2.76. The summed E-state index contributed by atoms with van der Waals surface area (Å²) in [5, 5.41) is 3.39. The lowest BCUT2D eigenvalue weighted by molar-refractivity contribution is 0.0988. The molecule has 2 heterocycles. The Balaban J connectivity index is 2.31. The van der Waals surface area contributed by atoms with Crippen molar-refractivity contribution in [3.63, 3.8) is 0 Å². The number of halogens is 1. The molecule has 2 rings (SSSR count). The lowest BCUT2D eigenvalue weighted by Gasteiger charge is -2.17. The molecular formula is C14H15ClN4O. The van der Waals surface area contributed by atoms with E-state index in [1.807, 2.05) is 6.92 Å². The van der Waals surface area contributed by atoms with E-state index in [0.717, 1.165) is 12.2 Å². The zero-order chi connectivity index (χ0) is 14.5. The second kappa shape index (κ2) is 6.34. The molecule has 0 fully saturated rings. The highest BCUT2D eigenvalue weighted by atomic mass is 35.5. The van der Waals surface area contributed by atoms with Gasteiger partial charge in [-0.25, -0.2) is 4.98 Å². The highest BCUT2D eigenvalue weighted by molar-refractivity contribution is 6.34. The summed E-state index contributed by atoms with van der Waals surface area (Å²) in [5.41, 5.74) is 0.959. The molecule has 1 N–H and O–H groups in total. The van der Waals surface area contributed by atoms with E-state index in [9.17, 15) is 4.79 Å². The van der Waals surface area contributed by atoms with E-state index in [1.165, 1.54) is 4.90 Å². The Morgan fingerprint density at radius 1 is 1.30 bits per heavy atom. The second-order valence-corrected chi connectivity index (χ2v) is 4.53. The number of pyridine rings is 2. The molecule has 2 aromatic heterocycles. The van der Waals surface area contributed by atoms with Crippen LogP contribution >= 0.6 is 11.6 Å². The van der Waals surface area contributed by atoms with Gasteiger partial charge in [-0.2, -0.15) is 0 Å². The Bertz CT molecular complexity index is 603. The van der Waals surface area contributed by atoms with Crippen LogP contribution in [0.25, 0.3) is 0 Å². The van der Waals surface area contributed by atoms with E-state index < -0.39 is 0 Å². The first-order valence-electron chi connectivity index (χ1n) is 6.22. The number of hydrogen-bond donors (Lipinski definition) is 1. The van der Waals surface area contributed by atoms with Crippen LogP contribution in [0.15, 0.2) is 36.7 Å². The van der Waals surface area contributed by atoms with E-state index in [4.69, 9.17) is 11.6 Å². The fraction of sp³-hybridized carbons (Fsp3) is 0.214. The largest absolute Gasteiger partial charge is 0.370 e. The van der Waals surface area contributed by atoms with Crippen molar-refractivity contribution in [2.45, 2.75) is 6.92 Å². The average molecular weight is 291 g/mol. The number of amides is 1. The van der Waals surface area contributed by atoms with Gasteiger partial charge in [0.15, 0.2) is 0 Å². The van der Waals surface area contributed by atoms with Crippen molar-refractivity contribution in [3.05, 3.63) is 47.4 Å². The van der Waals surface area contributed by atoms with E-state index in [-0.39, 0.29) is 11.6 Å². The highest BCUT2D eigenvalue weighted by Gasteiger charge is 2.18. The molecule has 0 aromatic carbocycles. The smallest absolute Gasteiger partial charge is 0.278 e. The van der Waals surface area contributed by atoms with Gasteiger partial charge in [-0.1, -0.05) is 11.6 Å². The van der Waals surface area contributed by atoms with Crippen molar-refractivity contribution in [1.29, 1.82) is 0 Å². The Kier molecular flexibility index (Phi) is 4.53. The molecule has 0 aliphatic heterocycles. The van der Waals surface area contributed by atoms with E-state index in [0.29, 0.717) is 10.8 Å². The maximum atomic E-state index is 12.5. The Morgan fingerprint density at radius 3 is 2.65 bits per heavy atom. The summed E-state index contributed by atoms with van der Waals surface area (Å²) < 4.78 is 0. The van der Waals surface area contributed by atoms with Crippen molar-refractivity contribution in [1.82, 2.24) is 9.97 Å². The van der Waals surface area contributed by atoms with Crippen molar-refractivity contribution >= 4 is 29.0 Å². The molecule has 0 saturated heterocycles. The number of hydrogen-bond acceptors (Lipinski definition) is 4. The molecule has 5 nitrogen and oxygen atoms in total. The molecule has 0 atom stereocenters. The summed E-state index contributed by atoms with van der Waals surface area (Å²) >= 11 is 6.07. The number of carbonyl (C=O) groups is 1. The van der Waals surface area contributed by atoms with Gasteiger partial charge in [0, 0.05) is 31.7 Å². The average Bonchev–Trinajstić information content (AvgIpc) is 2.49. The number of nitrogens with one attached hydrogen (secondary N) is 1. The molecule has 104 valence electrons. The van der Waals surface area contributed by atoms with E-state index in [2.05, 4.69) is 15.3 Å². The minimum atomic E-state index is -0.263. The van der Waals surface area contributed by atoms with Gasteiger partial charge in [0.25, 0.3) is 5.91 Å². The van der Waals surface area contributed by atoms with Crippen LogP contribution in [0, 0.1) is 0 Å². The number of carbonyl (C=O) groups excluding carboxylic acids is 1. The number of rotatable bonds is 4. The van der Waals surface area contributed by atoms with Crippen LogP contribution in [0.4, 0.5) is 11.5 Å². The van der Waals surface area contributed by atoms with Gasteiger partial charge < -0.3 is 10.2 Å². The first kappa shape index (κ1) is 14.3. The highest BCUT2D eigenvalue weighted by Crippen LogP contribution is 2.20. The Morgan fingerprint density at radius 2 is 2.00 bits per heavy atom. The number of aromatic nitrogens is 2. The van der Waals surface area contributed by atoms with Crippen LogP contribution in [0.3, 0.4) is 0 Å². The van der Waals surface area contributed by atoms with Gasteiger partial charge in [-0.3, -0.25) is 9.78 Å². The van der Waals surface area contributed by atoms with E-state index in [1.54, 1.807) is 43.7 Å². The Hall–Kier alpha value is -2.14. The van der Waals surface area contributed by atoms with E-state index >= 15 is 0 Å². The summed E-state index contributed by atoms with van der Waals surface area (Å²) in [6, 6.07) is 6.91. The summed E-state index contributed by atoms with van der Waals surface area (Å²) in [7, 11) is 1.68. The topological polar surface area (TPSA) is 58.1 Å². The molecule has 0 bridgehead atoms. The van der Waals surface area contributed by atoms with Gasteiger partial charge in [0.2, 0.25) is 0 Å². The minimum Gasteiger partial charge on any atom is -0.370 e. The van der Waals surface area contributed by atoms with Gasteiger partial charge in [-0.05, 0) is 31.2 Å². The molecule has 0 saturated carbocycles. The molecule has 0 unspecified atom stereocenters. The van der Waals surface area contributed by atoms with Gasteiger partial charge in [0.1, 0.15) is 11.5 Å². The first-order chi connectivity index (χ1) is 9.63. The predicted octanol–water partition coefficient (Wildman–Crippen LogP) is 2.84. The summed E-state index contributed by atoms with van der Waals surface area (Å²) in [5.74, 6) is 0.365. The maximum absolute atomic E-state index is 12.5. The van der Waals surface area contributed by atoms with Crippen molar-refractivity contribution in [3.8, 4) is 0 Å². The van der Waals surface area contributed by atoms with Crippen LogP contribution < -0.4 is 10.2 Å². The zero-order valence-corrected chi connectivity index (χ0v) is 12.1. The minimum absolute atomic E-state index is 0.226. The summed E-state index contributed by atoms with van der Waals surface area (Å²) in [6.45, 7) is 2.68. The molecule has 1 amide bonds. The van der Waals surface area contributed by atoms with Crippen LogP contribution in [0.2, 0.25) is 5.02 Å². The molecular weight excluding hydrogens is 276 g/mol. The van der Waals surface area contributed by atoms with Crippen LogP contribution in [-0.2, 0) is 0 Å². The van der Waals surface area contributed by atoms with Gasteiger partial charge in [0.05, 0.1) is 5.02 Å². The number of nitrogens with zero attached hydrogens (tertiary/aromatic N) is 3. The van der Waals surface area contributed by atoms with Crippen molar-refractivity contribution < 1.29 is 4.79 Å². The third-order valence-corrected chi connectivity index (χ3v) is 3.07.